The Bertz CT molecular complexity index is 309. The number of hydrogen-bond acceptors (Lipinski definition) is 2. The lowest BCUT2D eigenvalue weighted by Crippen LogP contribution is -2.49. The first kappa shape index (κ1) is 14.0. The second kappa shape index (κ2) is 6.62. The van der Waals surface area contributed by atoms with Gasteiger partial charge in [0.2, 0.25) is 0 Å². The second-order valence-corrected chi connectivity index (χ2v) is 4.71. The van der Waals surface area contributed by atoms with E-state index in [9.17, 15) is 5.11 Å². The van der Waals surface area contributed by atoms with E-state index in [1.807, 2.05) is 30.3 Å². The molecule has 1 N–H and O–H groups in total. The monoisotopic (exact) mass is 238 g/mol. The third-order valence-corrected chi connectivity index (χ3v) is 3.36. The summed E-state index contributed by atoms with van der Waals surface area (Å²) in [6, 6.07) is 9.62. The Balaban J connectivity index is 2.37. The number of quaternary nitrogens is 1. The van der Waals surface area contributed by atoms with Crippen molar-refractivity contribution in [1.29, 1.82) is 0 Å². The molecule has 0 aliphatic heterocycles. The van der Waals surface area contributed by atoms with E-state index >= 15 is 0 Å². The molecule has 0 radical (unpaired) electrons. The molecule has 3 heteroatoms. The Morgan fingerprint density at radius 1 is 1.18 bits per heavy atom. The minimum Gasteiger partial charge on any atom is -0.491 e. The van der Waals surface area contributed by atoms with E-state index in [0.717, 1.165) is 29.9 Å². The van der Waals surface area contributed by atoms with E-state index in [1.54, 1.807) is 0 Å². The fourth-order valence-corrected chi connectivity index (χ4v) is 1.75. The van der Waals surface area contributed by atoms with Crippen LogP contribution in [0.2, 0.25) is 0 Å². The minimum absolute atomic E-state index is 0.359. The Morgan fingerprint density at radius 2 is 1.76 bits per heavy atom. The highest BCUT2D eigenvalue weighted by Crippen LogP contribution is 2.10. The molecule has 0 amide bonds. The van der Waals surface area contributed by atoms with Crippen molar-refractivity contribution in [3.63, 3.8) is 0 Å². The zero-order valence-corrected chi connectivity index (χ0v) is 11.1. The topological polar surface area (TPSA) is 29.5 Å². The number of aliphatic hydroxyl groups is 1. The molecule has 0 spiro atoms. The van der Waals surface area contributed by atoms with Gasteiger partial charge in [-0.15, -0.1) is 0 Å². The van der Waals surface area contributed by atoms with Gasteiger partial charge in [-0.1, -0.05) is 18.2 Å². The zero-order valence-electron chi connectivity index (χ0n) is 11.1. The molecule has 1 unspecified atom stereocenters. The Labute approximate surface area is 104 Å². The maximum Gasteiger partial charge on any atom is 0.137 e. The lowest BCUT2D eigenvalue weighted by molar-refractivity contribution is -0.909. The van der Waals surface area contributed by atoms with E-state index in [1.165, 1.54) is 0 Å². The standard InChI is InChI=1S/C14H24NO2/c1-4-15(3,5-2)11-13(16)12-17-14-9-7-6-8-10-14/h6-10,13,16H,4-5,11-12H2,1-3H3/q+1. The first-order valence-electron chi connectivity index (χ1n) is 6.29. The fraction of sp³-hybridized carbons (Fsp3) is 0.571. The molecule has 1 atom stereocenters. The van der Waals surface area contributed by atoms with Crippen LogP contribution in [-0.2, 0) is 0 Å². The minimum atomic E-state index is -0.417. The SMILES string of the molecule is CC[N+](C)(CC)CC(O)COc1ccccc1. The maximum atomic E-state index is 9.97. The highest BCUT2D eigenvalue weighted by atomic mass is 16.5. The lowest BCUT2D eigenvalue weighted by Gasteiger charge is -2.33. The number of aliphatic hydroxyl groups excluding tert-OH is 1. The van der Waals surface area contributed by atoms with E-state index in [-0.39, 0.29) is 0 Å². The van der Waals surface area contributed by atoms with Crippen LogP contribution in [0.15, 0.2) is 30.3 Å². The van der Waals surface area contributed by atoms with Crippen molar-refractivity contribution in [2.24, 2.45) is 0 Å². The van der Waals surface area contributed by atoms with Crippen LogP contribution in [0.5, 0.6) is 5.75 Å². The van der Waals surface area contributed by atoms with Crippen molar-refractivity contribution < 1.29 is 14.3 Å². The van der Waals surface area contributed by atoms with Gasteiger partial charge in [-0.25, -0.2) is 0 Å². The van der Waals surface area contributed by atoms with Crippen LogP contribution >= 0.6 is 0 Å². The molecule has 0 fully saturated rings. The quantitative estimate of drug-likeness (QED) is 0.735. The third kappa shape index (κ3) is 4.75. The van der Waals surface area contributed by atoms with Crippen LogP contribution in [-0.4, -0.2) is 49.0 Å². The van der Waals surface area contributed by atoms with Gasteiger partial charge in [-0.3, -0.25) is 0 Å². The summed E-state index contributed by atoms with van der Waals surface area (Å²) in [4.78, 5) is 0. The molecule has 1 aromatic carbocycles. The molecule has 1 aromatic rings. The van der Waals surface area contributed by atoms with E-state index in [0.29, 0.717) is 6.61 Å². The largest absolute Gasteiger partial charge is 0.491 e. The summed E-state index contributed by atoms with van der Waals surface area (Å²) in [5.74, 6) is 0.814. The summed E-state index contributed by atoms with van der Waals surface area (Å²) in [5.41, 5.74) is 0. The van der Waals surface area contributed by atoms with Crippen LogP contribution in [0.4, 0.5) is 0 Å². The number of nitrogens with zero attached hydrogens (tertiary/aromatic N) is 1. The fourth-order valence-electron chi connectivity index (χ4n) is 1.75. The molecular formula is C14H24NO2+. The average Bonchev–Trinajstić information content (AvgIpc) is 2.37. The first-order chi connectivity index (χ1) is 8.09. The van der Waals surface area contributed by atoms with Gasteiger partial charge in [0.05, 0.1) is 20.1 Å². The van der Waals surface area contributed by atoms with Gasteiger partial charge in [0, 0.05) is 0 Å². The van der Waals surface area contributed by atoms with Gasteiger partial charge in [0.1, 0.15) is 25.0 Å². The molecular weight excluding hydrogens is 214 g/mol. The molecule has 0 saturated carbocycles. The number of rotatable bonds is 7. The number of likely N-dealkylation sites (N-methyl/N-ethyl adjacent to an activating group) is 1. The van der Waals surface area contributed by atoms with Crippen LogP contribution in [0.1, 0.15) is 13.8 Å². The molecule has 0 aliphatic rings. The summed E-state index contributed by atoms with van der Waals surface area (Å²) in [5, 5.41) is 9.97. The van der Waals surface area contributed by atoms with Gasteiger partial charge >= 0.3 is 0 Å². The number of hydrogen-bond donors (Lipinski definition) is 1. The number of benzene rings is 1. The molecule has 0 aliphatic carbocycles. The predicted molar refractivity (Wildman–Crippen MR) is 70.1 cm³/mol. The van der Waals surface area contributed by atoms with Gasteiger partial charge in [-0.05, 0) is 26.0 Å². The maximum absolute atomic E-state index is 9.97. The van der Waals surface area contributed by atoms with Crippen LogP contribution in [0.3, 0.4) is 0 Å². The second-order valence-electron chi connectivity index (χ2n) is 4.71. The normalized spacial score (nSPS) is 13.4. The van der Waals surface area contributed by atoms with Gasteiger partial charge in [-0.2, -0.15) is 0 Å². The van der Waals surface area contributed by atoms with Gasteiger partial charge < -0.3 is 14.3 Å². The number of para-hydroxylation sites is 1. The Kier molecular flexibility index (Phi) is 5.45. The van der Waals surface area contributed by atoms with Gasteiger partial charge in [0.25, 0.3) is 0 Å². The average molecular weight is 238 g/mol. The van der Waals surface area contributed by atoms with E-state index < -0.39 is 6.10 Å². The van der Waals surface area contributed by atoms with E-state index in [4.69, 9.17) is 4.74 Å². The van der Waals surface area contributed by atoms with Crippen molar-refractivity contribution in [2.75, 3.05) is 33.3 Å². The van der Waals surface area contributed by atoms with Crippen molar-refractivity contribution in [1.82, 2.24) is 0 Å². The summed E-state index contributed by atoms with van der Waals surface area (Å²) >= 11 is 0. The predicted octanol–water partition coefficient (Wildman–Crippen LogP) is 1.91. The molecule has 0 aromatic heterocycles. The van der Waals surface area contributed by atoms with Crippen molar-refractivity contribution in [3.05, 3.63) is 30.3 Å². The Morgan fingerprint density at radius 3 is 2.29 bits per heavy atom. The van der Waals surface area contributed by atoms with Crippen molar-refractivity contribution >= 4 is 0 Å². The third-order valence-electron chi connectivity index (χ3n) is 3.36. The molecule has 3 nitrogen and oxygen atoms in total. The smallest absolute Gasteiger partial charge is 0.137 e. The zero-order chi connectivity index (χ0) is 12.7. The molecule has 1 rings (SSSR count). The molecule has 17 heavy (non-hydrogen) atoms. The summed E-state index contributed by atoms with van der Waals surface area (Å²) in [6.45, 7) is 7.44. The highest BCUT2D eigenvalue weighted by molar-refractivity contribution is 5.20. The van der Waals surface area contributed by atoms with E-state index in [2.05, 4.69) is 20.9 Å². The van der Waals surface area contributed by atoms with Crippen molar-refractivity contribution in [3.8, 4) is 5.75 Å². The first-order valence-corrected chi connectivity index (χ1v) is 6.29. The summed E-state index contributed by atoms with van der Waals surface area (Å²) in [7, 11) is 2.16. The Hall–Kier alpha value is -1.06. The van der Waals surface area contributed by atoms with Crippen LogP contribution < -0.4 is 4.74 Å². The summed E-state index contributed by atoms with van der Waals surface area (Å²) < 4.78 is 6.42. The van der Waals surface area contributed by atoms with Crippen LogP contribution in [0.25, 0.3) is 0 Å². The highest BCUT2D eigenvalue weighted by Gasteiger charge is 2.21. The van der Waals surface area contributed by atoms with Crippen molar-refractivity contribution in [2.45, 2.75) is 20.0 Å². The van der Waals surface area contributed by atoms with Crippen LogP contribution in [0, 0.1) is 0 Å². The molecule has 0 bridgehead atoms. The molecule has 96 valence electrons. The van der Waals surface area contributed by atoms with Gasteiger partial charge in [0.15, 0.2) is 0 Å². The molecule has 0 heterocycles. The summed E-state index contributed by atoms with van der Waals surface area (Å²) in [6.07, 6.45) is -0.417. The molecule has 0 saturated heterocycles. The lowest BCUT2D eigenvalue weighted by atomic mass is 10.3. The number of ether oxygens (including phenoxy) is 1.